The van der Waals surface area contributed by atoms with E-state index in [9.17, 15) is 9.59 Å². The van der Waals surface area contributed by atoms with Crippen LogP contribution in [0.25, 0.3) is 0 Å². The molecule has 1 fully saturated rings. The van der Waals surface area contributed by atoms with Crippen molar-refractivity contribution in [3.8, 4) is 0 Å². The maximum Gasteiger partial charge on any atom is 0.254 e. The van der Waals surface area contributed by atoms with Crippen LogP contribution in [0, 0.1) is 0 Å². The smallest absolute Gasteiger partial charge is 0.254 e. The van der Waals surface area contributed by atoms with Crippen LogP contribution in [-0.4, -0.2) is 52.3 Å². The van der Waals surface area contributed by atoms with E-state index in [0.717, 1.165) is 5.56 Å². The van der Waals surface area contributed by atoms with Crippen molar-refractivity contribution in [2.45, 2.75) is 12.6 Å². The summed E-state index contributed by atoms with van der Waals surface area (Å²) in [5.74, 6) is -0.499. The number of nitrogens with two attached hydrogens (primary N) is 1. The van der Waals surface area contributed by atoms with E-state index >= 15 is 0 Å². The molecule has 0 saturated carbocycles. The second-order valence-corrected chi connectivity index (χ2v) is 5.86. The number of benzene rings is 1. The van der Waals surface area contributed by atoms with Crippen LogP contribution in [0.15, 0.2) is 54.9 Å². The molecule has 24 heavy (non-hydrogen) atoms. The average Bonchev–Trinajstić information content (AvgIpc) is 2.63. The average molecular weight is 324 g/mol. The fourth-order valence-electron chi connectivity index (χ4n) is 2.96. The van der Waals surface area contributed by atoms with E-state index in [2.05, 4.69) is 4.98 Å². The molecule has 124 valence electrons. The number of hydrogen-bond acceptors (Lipinski definition) is 4. The van der Waals surface area contributed by atoms with Crippen LogP contribution in [0.5, 0.6) is 0 Å². The molecule has 3 rings (SSSR count). The Balaban J connectivity index is 1.71. The van der Waals surface area contributed by atoms with Gasteiger partial charge in [0.25, 0.3) is 5.91 Å². The topological polar surface area (TPSA) is 79.5 Å². The summed E-state index contributed by atoms with van der Waals surface area (Å²) in [7, 11) is 0. The second-order valence-electron chi connectivity index (χ2n) is 5.86. The molecule has 1 unspecified atom stereocenters. The van der Waals surface area contributed by atoms with Crippen LogP contribution >= 0.6 is 0 Å². The minimum absolute atomic E-state index is 0.0944. The zero-order valence-electron chi connectivity index (χ0n) is 13.3. The summed E-state index contributed by atoms with van der Waals surface area (Å²) in [6.07, 6.45) is 3.18. The summed E-state index contributed by atoms with van der Waals surface area (Å²) in [5, 5.41) is 0. The summed E-state index contributed by atoms with van der Waals surface area (Å²) >= 11 is 0. The second kappa shape index (κ2) is 7.23. The van der Waals surface area contributed by atoms with Gasteiger partial charge in [0.2, 0.25) is 5.91 Å². The number of amides is 2. The van der Waals surface area contributed by atoms with Gasteiger partial charge in [-0.15, -0.1) is 0 Å². The molecule has 6 nitrogen and oxygen atoms in total. The van der Waals surface area contributed by atoms with Crippen molar-refractivity contribution in [1.82, 2.24) is 14.8 Å². The normalized spacial score (nSPS) is 18.3. The summed E-state index contributed by atoms with van der Waals surface area (Å²) < 4.78 is 0. The Hall–Kier alpha value is -2.73. The quantitative estimate of drug-likeness (QED) is 0.906. The van der Waals surface area contributed by atoms with Gasteiger partial charge in [0, 0.05) is 44.1 Å². The zero-order chi connectivity index (χ0) is 16.9. The highest BCUT2D eigenvalue weighted by Gasteiger charge is 2.33. The van der Waals surface area contributed by atoms with Crippen LogP contribution in [0.2, 0.25) is 0 Å². The van der Waals surface area contributed by atoms with Gasteiger partial charge in [0.15, 0.2) is 0 Å². The predicted octanol–water partition coefficient (Wildman–Crippen LogP) is 0.894. The first-order valence-electron chi connectivity index (χ1n) is 7.92. The zero-order valence-corrected chi connectivity index (χ0v) is 13.3. The SMILES string of the molecule is NC(=O)C1CN(C(=O)c2ccncc2)CCN1Cc1ccccc1. The lowest BCUT2D eigenvalue weighted by Gasteiger charge is -2.40. The number of piperazine rings is 1. The molecule has 0 spiro atoms. The first-order valence-corrected chi connectivity index (χ1v) is 7.92. The van der Waals surface area contributed by atoms with Crippen molar-refractivity contribution < 1.29 is 9.59 Å². The molecule has 2 aromatic rings. The monoisotopic (exact) mass is 324 g/mol. The van der Waals surface area contributed by atoms with Gasteiger partial charge in [-0.3, -0.25) is 19.5 Å². The summed E-state index contributed by atoms with van der Waals surface area (Å²) in [6.45, 7) is 2.13. The highest BCUT2D eigenvalue weighted by molar-refractivity contribution is 5.94. The number of hydrogen-bond donors (Lipinski definition) is 1. The van der Waals surface area contributed by atoms with Gasteiger partial charge in [-0.2, -0.15) is 0 Å². The molecule has 1 aliphatic rings. The molecule has 1 atom stereocenters. The molecule has 2 heterocycles. The number of aromatic nitrogens is 1. The molecular weight excluding hydrogens is 304 g/mol. The Kier molecular flexibility index (Phi) is 4.86. The van der Waals surface area contributed by atoms with Crippen molar-refractivity contribution in [3.05, 3.63) is 66.0 Å². The van der Waals surface area contributed by atoms with Crippen molar-refractivity contribution >= 4 is 11.8 Å². The maximum atomic E-state index is 12.6. The molecular formula is C18H20N4O2. The Morgan fingerprint density at radius 1 is 1.08 bits per heavy atom. The Morgan fingerprint density at radius 2 is 1.79 bits per heavy atom. The van der Waals surface area contributed by atoms with Crippen LogP contribution in [0.1, 0.15) is 15.9 Å². The van der Waals surface area contributed by atoms with Crippen molar-refractivity contribution in [1.29, 1.82) is 0 Å². The maximum absolute atomic E-state index is 12.6. The molecule has 1 aromatic carbocycles. The number of rotatable bonds is 4. The first-order chi connectivity index (χ1) is 11.6. The lowest BCUT2D eigenvalue weighted by atomic mass is 10.1. The fourth-order valence-corrected chi connectivity index (χ4v) is 2.96. The van der Waals surface area contributed by atoms with Gasteiger partial charge >= 0.3 is 0 Å². The highest BCUT2D eigenvalue weighted by Crippen LogP contribution is 2.16. The first kappa shape index (κ1) is 16.1. The summed E-state index contributed by atoms with van der Waals surface area (Å²) in [4.78, 5) is 32.1. The van der Waals surface area contributed by atoms with E-state index in [4.69, 9.17) is 5.73 Å². The van der Waals surface area contributed by atoms with E-state index in [1.165, 1.54) is 0 Å². The molecule has 0 radical (unpaired) electrons. The number of pyridine rings is 1. The van der Waals surface area contributed by atoms with E-state index in [0.29, 0.717) is 31.7 Å². The molecule has 2 amide bonds. The van der Waals surface area contributed by atoms with Crippen LogP contribution in [0.4, 0.5) is 0 Å². The third-order valence-corrected chi connectivity index (χ3v) is 4.26. The van der Waals surface area contributed by atoms with Gasteiger partial charge in [-0.05, 0) is 17.7 Å². The van der Waals surface area contributed by atoms with Crippen LogP contribution in [-0.2, 0) is 11.3 Å². The van der Waals surface area contributed by atoms with E-state index in [1.807, 2.05) is 35.2 Å². The van der Waals surface area contributed by atoms with Crippen molar-refractivity contribution in [3.63, 3.8) is 0 Å². The predicted molar refractivity (Wildman–Crippen MR) is 90.0 cm³/mol. The van der Waals surface area contributed by atoms with E-state index in [1.54, 1.807) is 29.4 Å². The van der Waals surface area contributed by atoms with Gasteiger partial charge in [0.1, 0.15) is 6.04 Å². The third kappa shape index (κ3) is 3.60. The minimum atomic E-state index is -0.482. The standard InChI is InChI=1S/C18H20N4O2/c19-17(23)16-13-22(18(24)15-6-8-20-9-7-15)11-10-21(16)12-14-4-2-1-3-5-14/h1-9,16H,10-13H2,(H2,19,23). The molecule has 0 bridgehead atoms. The molecule has 0 aliphatic carbocycles. The molecule has 6 heteroatoms. The third-order valence-electron chi connectivity index (χ3n) is 4.26. The fraction of sp³-hybridized carbons (Fsp3) is 0.278. The number of primary amides is 1. The van der Waals surface area contributed by atoms with Gasteiger partial charge in [-0.25, -0.2) is 0 Å². The van der Waals surface area contributed by atoms with Gasteiger partial charge in [-0.1, -0.05) is 30.3 Å². The molecule has 1 aliphatic heterocycles. The lowest BCUT2D eigenvalue weighted by Crippen LogP contribution is -2.58. The molecule has 1 saturated heterocycles. The van der Waals surface area contributed by atoms with Crippen molar-refractivity contribution in [2.75, 3.05) is 19.6 Å². The van der Waals surface area contributed by atoms with E-state index in [-0.39, 0.29) is 5.91 Å². The molecule has 2 N–H and O–H groups in total. The number of carbonyl (C=O) groups is 2. The Labute approximate surface area is 140 Å². The summed E-state index contributed by atoms with van der Waals surface area (Å²) in [6, 6.07) is 12.8. The largest absolute Gasteiger partial charge is 0.368 e. The summed E-state index contributed by atoms with van der Waals surface area (Å²) in [5.41, 5.74) is 7.28. The Morgan fingerprint density at radius 3 is 2.46 bits per heavy atom. The minimum Gasteiger partial charge on any atom is -0.368 e. The van der Waals surface area contributed by atoms with Crippen LogP contribution in [0.3, 0.4) is 0 Å². The molecule has 1 aromatic heterocycles. The van der Waals surface area contributed by atoms with Crippen LogP contribution < -0.4 is 5.73 Å². The number of carbonyl (C=O) groups excluding carboxylic acids is 2. The van der Waals surface area contributed by atoms with Gasteiger partial charge in [0.05, 0.1) is 0 Å². The highest BCUT2D eigenvalue weighted by atomic mass is 16.2. The van der Waals surface area contributed by atoms with Gasteiger partial charge < -0.3 is 10.6 Å². The van der Waals surface area contributed by atoms with Crippen molar-refractivity contribution in [2.24, 2.45) is 5.73 Å². The lowest BCUT2D eigenvalue weighted by molar-refractivity contribution is -0.125. The van der Waals surface area contributed by atoms with E-state index < -0.39 is 11.9 Å². The number of nitrogens with zero attached hydrogens (tertiary/aromatic N) is 3. The Bertz CT molecular complexity index is 705.